The number of methoxy groups -OCH3 is 1. The fourth-order valence-corrected chi connectivity index (χ4v) is 2.52. The van der Waals surface area contributed by atoms with Gasteiger partial charge in [-0.15, -0.1) is 24.0 Å². The number of aliphatic imine (C=N–C) groups is 1. The Kier molecular flexibility index (Phi) is 9.84. The second-order valence-corrected chi connectivity index (χ2v) is 6.17. The molecular weight excluding hydrogens is 473 g/mol. The van der Waals surface area contributed by atoms with Crippen molar-refractivity contribution in [3.8, 4) is 5.75 Å². The van der Waals surface area contributed by atoms with E-state index in [1.54, 1.807) is 20.0 Å². The van der Waals surface area contributed by atoms with Crippen LogP contribution in [0.25, 0.3) is 0 Å². The minimum absolute atomic E-state index is 0. The SMILES string of the molecule is CN=C(NCc1cc(C(=O)OC)c(C)o1)NCC(C)Oc1ccccc1C.I. The molecule has 0 bridgehead atoms. The number of carbonyl (C=O) groups excluding carboxylic acids is 1. The van der Waals surface area contributed by atoms with Gasteiger partial charge in [-0.1, -0.05) is 18.2 Å². The molecule has 2 rings (SSSR count). The molecule has 2 N–H and O–H groups in total. The third kappa shape index (κ3) is 6.74. The summed E-state index contributed by atoms with van der Waals surface area (Å²) in [5.41, 5.74) is 1.53. The molecule has 0 radical (unpaired) electrons. The number of aryl methyl sites for hydroxylation is 2. The number of hydrogen-bond donors (Lipinski definition) is 2. The van der Waals surface area contributed by atoms with E-state index in [4.69, 9.17) is 13.9 Å². The van der Waals surface area contributed by atoms with Crippen molar-refractivity contribution in [3.05, 3.63) is 53.0 Å². The number of halogens is 1. The zero-order valence-corrected chi connectivity index (χ0v) is 19.2. The first-order chi connectivity index (χ1) is 12.9. The lowest BCUT2D eigenvalue weighted by Crippen LogP contribution is -2.41. The lowest BCUT2D eigenvalue weighted by Gasteiger charge is -2.18. The van der Waals surface area contributed by atoms with E-state index in [1.807, 2.05) is 38.1 Å². The van der Waals surface area contributed by atoms with Crippen molar-refractivity contribution in [2.75, 3.05) is 20.7 Å². The van der Waals surface area contributed by atoms with Gasteiger partial charge in [0.25, 0.3) is 0 Å². The maximum Gasteiger partial charge on any atom is 0.341 e. The largest absolute Gasteiger partial charge is 0.489 e. The highest BCUT2D eigenvalue weighted by Gasteiger charge is 2.15. The predicted octanol–water partition coefficient (Wildman–Crippen LogP) is 3.43. The molecule has 1 aromatic carbocycles. The van der Waals surface area contributed by atoms with E-state index in [0.717, 1.165) is 11.3 Å². The summed E-state index contributed by atoms with van der Waals surface area (Å²) in [6, 6.07) is 9.59. The minimum Gasteiger partial charge on any atom is -0.489 e. The summed E-state index contributed by atoms with van der Waals surface area (Å²) < 4.78 is 16.3. The van der Waals surface area contributed by atoms with Crippen LogP contribution in [0.4, 0.5) is 0 Å². The molecule has 0 saturated carbocycles. The third-order valence-corrected chi connectivity index (χ3v) is 4.01. The van der Waals surface area contributed by atoms with Gasteiger partial charge in [0.05, 0.1) is 20.2 Å². The van der Waals surface area contributed by atoms with Gasteiger partial charge in [0.1, 0.15) is 28.9 Å². The quantitative estimate of drug-likeness (QED) is 0.262. The topological polar surface area (TPSA) is 85.1 Å². The lowest BCUT2D eigenvalue weighted by molar-refractivity contribution is 0.0599. The van der Waals surface area contributed by atoms with Crippen molar-refractivity contribution in [1.82, 2.24) is 10.6 Å². The standard InChI is InChI=1S/C20H27N3O4.HI/c1-13-8-6-7-9-18(13)26-14(2)11-22-20(21-4)23-12-16-10-17(15(3)27-16)19(24)25-5;/h6-10,14H,11-12H2,1-5H3,(H2,21,22,23);1H. The van der Waals surface area contributed by atoms with Gasteiger partial charge in [0.15, 0.2) is 5.96 Å². The average molecular weight is 501 g/mol. The van der Waals surface area contributed by atoms with Crippen LogP contribution in [0.15, 0.2) is 39.7 Å². The smallest absolute Gasteiger partial charge is 0.341 e. The molecule has 154 valence electrons. The van der Waals surface area contributed by atoms with E-state index < -0.39 is 5.97 Å². The van der Waals surface area contributed by atoms with Gasteiger partial charge in [-0.05, 0) is 38.5 Å². The van der Waals surface area contributed by atoms with Crippen molar-refractivity contribution >= 4 is 35.9 Å². The summed E-state index contributed by atoms with van der Waals surface area (Å²) >= 11 is 0. The number of carbonyl (C=O) groups is 1. The average Bonchev–Trinajstić information content (AvgIpc) is 3.03. The highest BCUT2D eigenvalue weighted by atomic mass is 127. The van der Waals surface area contributed by atoms with Gasteiger partial charge < -0.3 is 24.5 Å². The molecule has 0 saturated heterocycles. The second kappa shape index (κ2) is 11.6. The number of esters is 1. The minimum atomic E-state index is -0.410. The fraction of sp³-hybridized carbons (Fsp3) is 0.400. The molecule has 0 fully saturated rings. The summed E-state index contributed by atoms with van der Waals surface area (Å²) in [7, 11) is 3.04. The summed E-state index contributed by atoms with van der Waals surface area (Å²) in [4.78, 5) is 15.8. The monoisotopic (exact) mass is 501 g/mol. The predicted molar refractivity (Wildman–Crippen MR) is 120 cm³/mol. The molecule has 28 heavy (non-hydrogen) atoms. The van der Waals surface area contributed by atoms with Gasteiger partial charge >= 0.3 is 5.97 Å². The van der Waals surface area contributed by atoms with Crippen molar-refractivity contribution < 1.29 is 18.7 Å². The summed E-state index contributed by atoms with van der Waals surface area (Å²) in [6.07, 6.45) is -0.0403. The van der Waals surface area contributed by atoms with Crippen molar-refractivity contribution in [3.63, 3.8) is 0 Å². The highest BCUT2D eigenvalue weighted by molar-refractivity contribution is 14.0. The number of ether oxygens (including phenoxy) is 2. The third-order valence-electron chi connectivity index (χ3n) is 4.01. The molecule has 8 heteroatoms. The Labute approximate surface area is 182 Å². The van der Waals surface area contributed by atoms with Crippen LogP contribution in [0, 0.1) is 13.8 Å². The van der Waals surface area contributed by atoms with Gasteiger partial charge in [0, 0.05) is 7.05 Å². The maximum absolute atomic E-state index is 11.6. The zero-order chi connectivity index (χ0) is 19.8. The Balaban J connectivity index is 0.00000392. The number of guanidine groups is 1. The van der Waals surface area contributed by atoms with Crippen molar-refractivity contribution in [2.24, 2.45) is 4.99 Å². The van der Waals surface area contributed by atoms with Gasteiger partial charge in [0.2, 0.25) is 0 Å². The molecule has 0 spiro atoms. The molecular formula is C20H28IN3O4. The highest BCUT2D eigenvalue weighted by Crippen LogP contribution is 2.17. The molecule has 7 nitrogen and oxygen atoms in total. The van der Waals surface area contributed by atoms with Crippen LogP contribution in [-0.4, -0.2) is 38.7 Å². The number of nitrogens with one attached hydrogen (secondary N) is 2. The lowest BCUT2D eigenvalue weighted by atomic mass is 10.2. The first kappa shape index (κ1) is 23.8. The number of benzene rings is 1. The Hall–Kier alpha value is -2.23. The molecule has 1 unspecified atom stereocenters. The molecule has 0 amide bonds. The fourth-order valence-electron chi connectivity index (χ4n) is 2.52. The van der Waals surface area contributed by atoms with E-state index in [0.29, 0.717) is 36.1 Å². The Morgan fingerprint density at radius 1 is 1.25 bits per heavy atom. The van der Waals surface area contributed by atoms with E-state index in [9.17, 15) is 4.79 Å². The number of hydrogen-bond acceptors (Lipinski definition) is 5. The Morgan fingerprint density at radius 3 is 2.61 bits per heavy atom. The van der Waals surface area contributed by atoms with Crippen LogP contribution >= 0.6 is 24.0 Å². The number of furan rings is 1. The number of rotatable bonds is 7. The van der Waals surface area contributed by atoms with Crippen LogP contribution in [-0.2, 0) is 11.3 Å². The van der Waals surface area contributed by atoms with E-state index in [1.165, 1.54) is 7.11 Å². The first-order valence-electron chi connectivity index (χ1n) is 8.79. The summed E-state index contributed by atoms with van der Waals surface area (Å²) in [6.45, 7) is 6.71. The zero-order valence-electron chi connectivity index (χ0n) is 16.9. The van der Waals surface area contributed by atoms with Gasteiger partial charge in [-0.25, -0.2) is 4.79 Å². The normalized spacial score (nSPS) is 12.0. The van der Waals surface area contributed by atoms with Crippen LogP contribution in [0.2, 0.25) is 0 Å². The van der Waals surface area contributed by atoms with Gasteiger partial charge in [-0.3, -0.25) is 4.99 Å². The maximum atomic E-state index is 11.6. The molecule has 0 aliphatic carbocycles. The van der Waals surface area contributed by atoms with Crippen molar-refractivity contribution in [1.29, 1.82) is 0 Å². The van der Waals surface area contributed by atoms with Crippen LogP contribution in [0.5, 0.6) is 5.75 Å². The summed E-state index contributed by atoms with van der Waals surface area (Å²) in [5, 5.41) is 6.37. The number of para-hydroxylation sites is 1. The van der Waals surface area contributed by atoms with Crippen molar-refractivity contribution in [2.45, 2.75) is 33.4 Å². The van der Waals surface area contributed by atoms with E-state index in [-0.39, 0.29) is 30.1 Å². The molecule has 0 aliphatic heterocycles. The molecule has 1 aromatic heterocycles. The van der Waals surface area contributed by atoms with Gasteiger partial charge in [-0.2, -0.15) is 0 Å². The Bertz CT molecular complexity index is 804. The van der Waals surface area contributed by atoms with Crippen LogP contribution < -0.4 is 15.4 Å². The van der Waals surface area contributed by atoms with E-state index in [2.05, 4.69) is 15.6 Å². The molecule has 2 aromatic rings. The first-order valence-corrected chi connectivity index (χ1v) is 8.79. The molecule has 0 aliphatic rings. The molecule has 1 heterocycles. The summed E-state index contributed by atoms with van der Waals surface area (Å²) in [5.74, 6) is 2.23. The van der Waals surface area contributed by atoms with E-state index >= 15 is 0 Å². The van der Waals surface area contributed by atoms with Crippen LogP contribution in [0.1, 0.15) is 34.4 Å². The Morgan fingerprint density at radius 2 is 1.96 bits per heavy atom. The number of nitrogens with zero attached hydrogens (tertiary/aromatic N) is 1. The van der Waals surface area contributed by atoms with Crippen LogP contribution in [0.3, 0.4) is 0 Å². The second-order valence-electron chi connectivity index (χ2n) is 6.17. The molecule has 1 atom stereocenters.